The van der Waals surface area contributed by atoms with Crippen molar-refractivity contribution in [2.24, 2.45) is 23.7 Å². The quantitative estimate of drug-likeness (QED) is 0.596. The van der Waals surface area contributed by atoms with Crippen LogP contribution in [0.25, 0.3) is 11.0 Å². The van der Waals surface area contributed by atoms with Crippen LogP contribution >= 0.6 is 11.7 Å². The fourth-order valence-electron chi connectivity index (χ4n) is 4.11. The van der Waals surface area contributed by atoms with Crippen LogP contribution in [0.2, 0.25) is 0 Å². The molecule has 1 aliphatic heterocycles. The van der Waals surface area contributed by atoms with Gasteiger partial charge in [0, 0.05) is 0 Å². The molecule has 3 aliphatic rings. The molecular weight excluding hydrogens is 286 g/mol. The minimum atomic E-state index is -0.172. The van der Waals surface area contributed by atoms with Gasteiger partial charge in [-0.2, -0.15) is 8.75 Å². The van der Waals surface area contributed by atoms with Crippen molar-refractivity contribution in [3.8, 4) is 0 Å². The lowest BCUT2D eigenvalue weighted by molar-refractivity contribution is -0.123. The largest absolute Gasteiger partial charge is 0.274 e. The van der Waals surface area contributed by atoms with Gasteiger partial charge in [-0.05, 0) is 30.4 Å². The summed E-state index contributed by atoms with van der Waals surface area (Å²) >= 11 is 1.10. The number of hydrogen-bond donors (Lipinski definition) is 0. The van der Waals surface area contributed by atoms with E-state index >= 15 is 0 Å². The van der Waals surface area contributed by atoms with Gasteiger partial charge in [-0.3, -0.25) is 9.59 Å². The Morgan fingerprint density at radius 2 is 1.76 bits per heavy atom. The molecule has 4 atom stereocenters. The molecular formula is C15H11N3O2S. The number of benzene rings is 1. The fraction of sp³-hybridized carbons (Fsp3) is 0.333. The van der Waals surface area contributed by atoms with Gasteiger partial charge in [-0.25, -0.2) is 4.90 Å². The number of rotatable bonds is 1. The molecule has 104 valence electrons. The second kappa shape index (κ2) is 3.76. The zero-order valence-corrected chi connectivity index (χ0v) is 11.8. The van der Waals surface area contributed by atoms with Gasteiger partial charge in [0.2, 0.25) is 11.8 Å². The molecule has 0 spiro atoms. The zero-order chi connectivity index (χ0) is 14.1. The molecule has 21 heavy (non-hydrogen) atoms. The normalized spacial score (nSPS) is 33.4. The van der Waals surface area contributed by atoms with Gasteiger partial charge < -0.3 is 0 Å². The van der Waals surface area contributed by atoms with E-state index in [4.69, 9.17) is 0 Å². The molecule has 0 radical (unpaired) electrons. The zero-order valence-electron chi connectivity index (χ0n) is 11.0. The van der Waals surface area contributed by atoms with E-state index in [-0.39, 0.29) is 35.5 Å². The number of nitrogens with zero attached hydrogens (tertiary/aromatic N) is 3. The van der Waals surface area contributed by atoms with E-state index < -0.39 is 0 Å². The molecule has 2 aromatic rings. The fourth-order valence-corrected chi connectivity index (χ4v) is 4.66. The average Bonchev–Trinajstić information content (AvgIpc) is 3.23. The highest BCUT2D eigenvalue weighted by atomic mass is 32.1. The van der Waals surface area contributed by atoms with Crippen molar-refractivity contribution in [1.29, 1.82) is 0 Å². The summed E-state index contributed by atoms with van der Waals surface area (Å²) in [6.07, 6.45) is 5.15. The number of amides is 2. The van der Waals surface area contributed by atoms with Crippen LogP contribution in [0, 0.1) is 23.7 Å². The van der Waals surface area contributed by atoms with Crippen LogP contribution in [0.3, 0.4) is 0 Å². The lowest BCUT2D eigenvalue weighted by Gasteiger charge is -2.17. The Hall–Kier alpha value is -2.08. The molecule has 1 aromatic carbocycles. The van der Waals surface area contributed by atoms with Crippen LogP contribution in [-0.4, -0.2) is 20.6 Å². The van der Waals surface area contributed by atoms with Crippen molar-refractivity contribution < 1.29 is 9.59 Å². The molecule has 2 aliphatic carbocycles. The maximum Gasteiger partial charge on any atom is 0.238 e. The molecule has 1 saturated carbocycles. The van der Waals surface area contributed by atoms with Crippen LogP contribution in [0.4, 0.5) is 5.69 Å². The van der Waals surface area contributed by atoms with Crippen LogP contribution in [-0.2, 0) is 9.59 Å². The molecule has 1 aromatic heterocycles. The Morgan fingerprint density at radius 1 is 1.05 bits per heavy atom. The van der Waals surface area contributed by atoms with E-state index in [2.05, 4.69) is 20.9 Å². The number of anilines is 1. The summed E-state index contributed by atoms with van der Waals surface area (Å²) in [7, 11) is 0. The number of allylic oxidation sites excluding steroid dienone is 2. The smallest absolute Gasteiger partial charge is 0.238 e. The van der Waals surface area contributed by atoms with Crippen LogP contribution < -0.4 is 4.90 Å². The molecule has 5 nitrogen and oxygen atoms in total. The van der Waals surface area contributed by atoms with E-state index in [0.717, 1.165) is 23.7 Å². The highest BCUT2D eigenvalue weighted by Gasteiger charge is 2.59. The third-order valence-electron chi connectivity index (χ3n) is 4.98. The van der Waals surface area contributed by atoms with E-state index in [1.165, 1.54) is 4.90 Å². The number of carbonyl (C=O) groups is 2. The second-order valence-electron chi connectivity index (χ2n) is 5.92. The summed E-state index contributed by atoms with van der Waals surface area (Å²) in [5, 5.41) is 0. The third kappa shape index (κ3) is 1.31. The summed E-state index contributed by atoms with van der Waals surface area (Å²) in [6, 6.07) is 5.45. The van der Waals surface area contributed by atoms with Crippen molar-refractivity contribution in [3.05, 3.63) is 30.4 Å². The average molecular weight is 297 g/mol. The Bertz CT molecular complexity index is 797. The maximum absolute atomic E-state index is 12.8. The first-order valence-corrected chi connectivity index (χ1v) is 7.76. The molecule has 5 rings (SSSR count). The lowest BCUT2D eigenvalue weighted by atomic mass is 9.85. The first kappa shape index (κ1) is 11.6. The molecule has 2 fully saturated rings. The summed E-state index contributed by atoms with van der Waals surface area (Å²) in [6.45, 7) is 0. The van der Waals surface area contributed by atoms with Crippen molar-refractivity contribution in [2.75, 3.05) is 4.90 Å². The number of fused-ring (bicyclic) bond motifs is 6. The molecule has 2 bridgehead atoms. The topological polar surface area (TPSA) is 63.2 Å². The van der Waals surface area contributed by atoms with Gasteiger partial charge in [0.05, 0.1) is 29.3 Å². The minimum absolute atomic E-state index is 0.0673. The Kier molecular flexibility index (Phi) is 2.07. The summed E-state index contributed by atoms with van der Waals surface area (Å²) < 4.78 is 8.43. The van der Waals surface area contributed by atoms with Crippen molar-refractivity contribution >= 4 is 40.3 Å². The molecule has 1 saturated heterocycles. The van der Waals surface area contributed by atoms with Crippen molar-refractivity contribution in [3.63, 3.8) is 0 Å². The van der Waals surface area contributed by atoms with E-state index in [1.54, 1.807) is 6.07 Å². The molecule has 4 unspecified atom stereocenters. The van der Waals surface area contributed by atoms with Crippen LogP contribution in [0.5, 0.6) is 0 Å². The number of carbonyl (C=O) groups excluding carboxylic acids is 2. The predicted octanol–water partition coefficient (Wildman–Crippen LogP) is 2.00. The van der Waals surface area contributed by atoms with Gasteiger partial charge >= 0.3 is 0 Å². The van der Waals surface area contributed by atoms with Crippen LogP contribution in [0.15, 0.2) is 30.4 Å². The Balaban J connectivity index is 1.67. The van der Waals surface area contributed by atoms with Gasteiger partial charge in [-0.1, -0.05) is 18.2 Å². The number of imide groups is 1. The first-order valence-electron chi connectivity index (χ1n) is 7.03. The van der Waals surface area contributed by atoms with Gasteiger partial charge in [0.1, 0.15) is 11.0 Å². The minimum Gasteiger partial charge on any atom is -0.274 e. The van der Waals surface area contributed by atoms with E-state index in [1.807, 2.05) is 12.1 Å². The molecule has 0 N–H and O–H groups in total. The van der Waals surface area contributed by atoms with Gasteiger partial charge in [0.15, 0.2) is 0 Å². The second-order valence-corrected chi connectivity index (χ2v) is 6.45. The summed E-state index contributed by atoms with van der Waals surface area (Å²) in [5.74, 6) is -0.0168. The lowest BCUT2D eigenvalue weighted by Crippen LogP contribution is -2.33. The van der Waals surface area contributed by atoms with Crippen LogP contribution in [0.1, 0.15) is 6.42 Å². The Labute approximate surface area is 124 Å². The maximum atomic E-state index is 12.8. The van der Waals surface area contributed by atoms with Crippen molar-refractivity contribution in [2.45, 2.75) is 6.42 Å². The summed E-state index contributed by atoms with van der Waals surface area (Å²) in [5.41, 5.74) is 1.96. The molecule has 2 heterocycles. The first-order chi connectivity index (χ1) is 10.3. The molecule has 6 heteroatoms. The molecule has 2 amide bonds. The standard InChI is InChI=1S/C15H11N3O2S/c19-14-11-7-4-5-8(6-7)12(11)15(20)18(14)10-3-1-2-9-13(10)17-21-16-9/h1-5,7-8,11-12H,6H2. The highest BCUT2D eigenvalue weighted by Crippen LogP contribution is 2.53. The van der Waals surface area contributed by atoms with E-state index in [9.17, 15) is 9.59 Å². The highest BCUT2D eigenvalue weighted by molar-refractivity contribution is 7.00. The van der Waals surface area contributed by atoms with Gasteiger partial charge in [0.25, 0.3) is 0 Å². The third-order valence-corrected chi connectivity index (χ3v) is 5.52. The number of aromatic nitrogens is 2. The number of hydrogen-bond acceptors (Lipinski definition) is 5. The van der Waals surface area contributed by atoms with Crippen molar-refractivity contribution in [1.82, 2.24) is 8.75 Å². The predicted molar refractivity (Wildman–Crippen MR) is 77.6 cm³/mol. The van der Waals surface area contributed by atoms with Gasteiger partial charge in [-0.15, -0.1) is 0 Å². The van der Waals surface area contributed by atoms with E-state index in [0.29, 0.717) is 11.2 Å². The SMILES string of the molecule is O=C1C2C3C=CC(C3)C2C(=O)N1c1cccc2nsnc12. The monoisotopic (exact) mass is 297 g/mol. The summed E-state index contributed by atoms with van der Waals surface area (Å²) in [4.78, 5) is 26.9. The Morgan fingerprint density at radius 3 is 2.48 bits per heavy atom.